The third kappa shape index (κ3) is 2180. The first-order valence-corrected chi connectivity index (χ1v) is 6.68. The average molecular weight is 664 g/mol. The fourth-order valence-electron chi connectivity index (χ4n) is 0. The monoisotopic (exact) mass is 666 g/mol. The van der Waals surface area contributed by atoms with Gasteiger partial charge in [-0.25, -0.2) is 0 Å². The molecule has 0 radical (unpaired) electrons. The van der Waals surface area contributed by atoms with Gasteiger partial charge in [-0.3, -0.25) is 0 Å². The molecule has 0 heterocycles. The number of nitrogens with zero attached hydrogens (tertiary/aromatic N) is 5. The second kappa shape index (κ2) is 44.7. The van der Waals surface area contributed by atoms with Crippen molar-refractivity contribution in [2.24, 2.45) is 0 Å². The number of hydrogen-bond acceptors (Lipinski definition) is 19. The third-order valence-electron chi connectivity index (χ3n) is 0. The van der Waals surface area contributed by atoms with E-state index in [1.54, 1.807) is 0 Å². The molecule has 0 amide bonds. The Kier molecular flexibility index (Phi) is 97.6. The summed E-state index contributed by atoms with van der Waals surface area (Å²) in [4.78, 5) is 41.2. The Bertz CT molecular complexity index is 387. The van der Waals surface area contributed by atoms with Crippen molar-refractivity contribution in [3.05, 3.63) is 76.6 Å². The molecule has 0 aliphatic heterocycles. The molecule has 0 atom stereocenters. The molecule has 0 unspecified atom stereocenters. The van der Waals surface area contributed by atoms with E-state index in [1.165, 1.54) is 0 Å². The van der Waals surface area contributed by atoms with Crippen LogP contribution in [-0.2, 0) is 23.5 Å². The molecule has 0 fully saturated rings. The van der Waals surface area contributed by atoms with Crippen LogP contribution in [-0.4, -0.2) is 25.4 Å². The van der Waals surface area contributed by atoms with Crippen LogP contribution in [0, 0.1) is 118 Å². The van der Waals surface area contributed by atoms with Gasteiger partial charge >= 0.3 is 72.8 Å². The first-order valence-electron chi connectivity index (χ1n) is 3.41. The van der Waals surface area contributed by atoms with Crippen molar-refractivity contribution in [3.8, 4) is 0 Å². The maximum atomic E-state index is 8.63. The fourth-order valence-corrected chi connectivity index (χ4v) is 0. The summed E-state index contributed by atoms with van der Waals surface area (Å²) >= 11 is -6.02. The quantitative estimate of drug-likeness (QED) is 0.135. The summed E-state index contributed by atoms with van der Waals surface area (Å²) in [6, 6.07) is 0. The van der Waals surface area contributed by atoms with Gasteiger partial charge in [-0.15, -0.1) is 0 Å². The molecule has 0 spiro atoms. The van der Waals surface area contributed by atoms with Gasteiger partial charge in [0.1, 0.15) is 0 Å². The molecule has 0 aromatic carbocycles. The summed E-state index contributed by atoms with van der Waals surface area (Å²) in [6.45, 7) is 0. The molecule has 12 N–H and O–H groups in total. The third-order valence-corrected chi connectivity index (χ3v) is 0. The molecule has 29 heavy (non-hydrogen) atoms. The molecule has 0 aliphatic rings. The number of rotatable bonds is 0. The summed E-state index contributed by atoms with van der Waals surface area (Å²) in [7, 11) is 0. The van der Waals surface area contributed by atoms with Crippen LogP contribution in [0.3, 0.4) is 0 Å². The van der Waals surface area contributed by atoms with E-state index in [0.29, 0.717) is 0 Å². The first kappa shape index (κ1) is 63.3. The first-order chi connectivity index (χ1) is 10.7. The van der Waals surface area contributed by atoms with E-state index in [-0.39, 0.29) is 60.2 Å². The molecule has 0 bridgehead atoms. The number of quaternary nitrogens is 3. The molecule has 176 valence electrons. The second-order valence-corrected chi connectivity index (χ2v) is 3.53. The predicted octanol–water partition coefficient (Wildman–Crippen LogP) is -2.69. The summed E-state index contributed by atoms with van der Waals surface area (Å²) in [6.07, 6.45) is 0. The zero-order valence-corrected chi connectivity index (χ0v) is 19.0. The van der Waals surface area contributed by atoms with E-state index < -0.39 is 42.2 Å². The van der Waals surface area contributed by atoms with Gasteiger partial charge in [-0.1, -0.05) is 0 Å². The Morgan fingerprint density at radius 3 is 0.414 bits per heavy atom. The van der Waals surface area contributed by atoms with Crippen LogP contribution in [0.25, 0.3) is 0 Å². The van der Waals surface area contributed by atoms with Crippen LogP contribution in [0.4, 0.5) is 0 Å². The average Bonchev–Trinajstić information content (AvgIpc) is 2.06. The van der Waals surface area contributed by atoms with Crippen LogP contribution in [0.5, 0.6) is 0 Å². The molecule has 0 aromatic heterocycles. The fraction of sp³-hybridized carbons (Fsp3) is 0. The minimum atomic E-state index is -6.02. The van der Waals surface area contributed by atoms with Crippen molar-refractivity contribution < 1.29 is 98.2 Å². The number of hydrogen-bond donors (Lipinski definition) is 3. The second-order valence-electron chi connectivity index (χ2n) is 1.53. The Hall–Kier alpha value is -2.54. The Morgan fingerprint density at radius 1 is 0.414 bits per heavy atom. The van der Waals surface area contributed by atoms with Crippen LogP contribution in [0.1, 0.15) is 0 Å². The van der Waals surface area contributed by atoms with E-state index in [9.17, 15) is 0 Å². The van der Waals surface area contributed by atoms with Crippen molar-refractivity contribution in [1.29, 1.82) is 0 Å². The van der Waals surface area contributed by atoms with Gasteiger partial charge in [0.2, 0.25) is 0 Å². The molecule has 0 saturated carbocycles. The Morgan fingerprint density at radius 2 is 0.414 bits per heavy atom. The van der Waals surface area contributed by atoms with Gasteiger partial charge in [0.05, 0.1) is 25.4 Å². The van der Waals surface area contributed by atoms with Crippen LogP contribution in [0.15, 0.2) is 0 Å². The molecular weight excluding hydrogens is 652 g/mol. The molecular formula is H12CeMoN8O19. The van der Waals surface area contributed by atoms with Crippen molar-refractivity contribution in [2.75, 3.05) is 0 Å². The van der Waals surface area contributed by atoms with Gasteiger partial charge < -0.3 is 95.1 Å². The van der Waals surface area contributed by atoms with Gasteiger partial charge in [0, 0.05) is 0 Å². The van der Waals surface area contributed by atoms with Gasteiger partial charge in [0.25, 0.3) is 0 Å². The van der Waals surface area contributed by atoms with Crippen LogP contribution < -0.4 is 26.0 Å². The molecule has 0 aliphatic carbocycles. The van der Waals surface area contributed by atoms with E-state index in [2.05, 4.69) is 0 Å². The molecule has 0 aromatic rings. The SMILES string of the molecule is O=[N+]([O-])[O-].O=[N+]([O-])[O-].O=[N+]([O-])[O-].O=[N+]([O-])[O-].O=[N+]([O-])[O-].[Ce+4].[NH4+].[NH4+].[NH4+].[O]=[Mo](=[O])([O-])[O-]. The maximum absolute atomic E-state index is 8.63. The van der Waals surface area contributed by atoms with E-state index in [1.807, 2.05) is 0 Å². The summed E-state index contributed by atoms with van der Waals surface area (Å²) in [5.41, 5.74) is 0. The van der Waals surface area contributed by atoms with E-state index in [0.717, 1.165) is 0 Å². The van der Waals surface area contributed by atoms with Crippen molar-refractivity contribution >= 4 is 0 Å². The summed E-state index contributed by atoms with van der Waals surface area (Å²) in [5, 5.41) is 73.8. The Balaban J connectivity index is -0.0000000182. The molecule has 0 saturated heterocycles. The van der Waals surface area contributed by atoms with E-state index >= 15 is 0 Å². The summed E-state index contributed by atoms with van der Waals surface area (Å²) in [5.74, 6) is 0. The molecule has 0 rings (SSSR count). The Labute approximate surface area is 192 Å². The summed E-state index contributed by atoms with van der Waals surface area (Å²) < 4.78 is 34.5. The van der Waals surface area contributed by atoms with Gasteiger partial charge in [0.15, 0.2) is 0 Å². The minimum absolute atomic E-state index is 0. The van der Waals surface area contributed by atoms with Crippen LogP contribution in [0.2, 0.25) is 0 Å². The van der Waals surface area contributed by atoms with E-state index in [4.69, 9.17) is 90.9 Å². The zero-order valence-electron chi connectivity index (χ0n) is 13.9. The zero-order chi connectivity index (χ0) is 22.4. The standard InChI is InChI=1S/Ce.Mo.5NO3.3H3N.4O/c;;5*2-1(3)4;;;;;;;/h;;;;;;;3*1H3;;;;/q+4;;5*-1;;;;;;2*-1/p+3. The van der Waals surface area contributed by atoms with Gasteiger partial charge in [-0.2, -0.15) is 0 Å². The van der Waals surface area contributed by atoms with Crippen molar-refractivity contribution in [1.82, 2.24) is 18.5 Å². The normalized spacial score (nSPS) is 6.14. The molecule has 27 nitrogen and oxygen atoms in total. The van der Waals surface area contributed by atoms with Gasteiger partial charge in [-0.05, 0) is 0 Å². The topological polar surface area (TPSA) is 521 Å². The predicted molar refractivity (Wildman–Crippen MR) is 71.1 cm³/mol. The van der Waals surface area contributed by atoms with Crippen molar-refractivity contribution in [2.45, 2.75) is 0 Å². The molecule has 29 heteroatoms. The van der Waals surface area contributed by atoms with Crippen molar-refractivity contribution in [3.63, 3.8) is 0 Å². The van der Waals surface area contributed by atoms with Crippen LogP contribution >= 0.6 is 0 Å².